The molecule has 88 valence electrons. The van der Waals surface area contributed by atoms with Crippen LogP contribution in [0.1, 0.15) is 23.7 Å². The van der Waals surface area contributed by atoms with Gasteiger partial charge in [0.15, 0.2) is 11.5 Å². The molecule has 0 bridgehead atoms. The zero-order valence-electron chi connectivity index (χ0n) is 8.46. The number of benzene rings is 1. The summed E-state index contributed by atoms with van der Waals surface area (Å²) in [6.07, 6.45) is 0.685. The first-order valence-corrected chi connectivity index (χ1v) is 6.14. The fourth-order valence-electron chi connectivity index (χ4n) is 1.06. The lowest BCUT2D eigenvalue weighted by molar-refractivity contribution is 0.0500. The topological polar surface area (TPSA) is 66.8 Å². The number of phenolic OH excluding ortho intramolecular Hbond substituents is 2. The summed E-state index contributed by atoms with van der Waals surface area (Å²) in [7, 11) is 0. The van der Waals surface area contributed by atoms with Crippen molar-refractivity contribution >= 4 is 37.8 Å². The minimum absolute atomic E-state index is 0.0830. The quantitative estimate of drug-likeness (QED) is 0.647. The Morgan fingerprint density at radius 2 is 2.06 bits per heavy atom. The predicted octanol–water partition coefficient (Wildman–Crippen LogP) is 3.19. The summed E-state index contributed by atoms with van der Waals surface area (Å²) in [6, 6.07) is 1.29. The molecule has 1 aromatic carbocycles. The molecular formula is C10H10Br2O4. The Balaban J connectivity index is 3.16. The van der Waals surface area contributed by atoms with Crippen molar-refractivity contribution in [3.63, 3.8) is 0 Å². The van der Waals surface area contributed by atoms with Crippen LogP contribution in [0, 0.1) is 0 Å². The maximum Gasteiger partial charge on any atom is 0.343 e. The van der Waals surface area contributed by atoms with E-state index in [1.807, 2.05) is 6.92 Å². The number of aromatic hydroxyl groups is 2. The Labute approximate surface area is 109 Å². The van der Waals surface area contributed by atoms with Crippen molar-refractivity contribution in [2.24, 2.45) is 0 Å². The summed E-state index contributed by atoms with van der Waals surface area (Å²) < 4.78 is 5.70. The van der Waals surface area contributed by atoms with Gasteiger partial charge in [-0.2, -0.15) is 0 Å². The number of halogens is 2. The smallest absolute Gasteiger partial charge is 0.343 e. The van der Waals surface area contributed by atoms with Gasteiger partial charge in [0.1, 0.15) is 5.56 Å². The number of hydrogen-bond acceptors (Lipinski definition) is 4. The average molecular weight is 354 g/mol. The highest BCUT2D eigenvalue weighted by atomic mass is 79.9. The molecular weight excluding hydrogens is 344 g/mol. The molecule has 0 radical (unpaired) electrons. The van der Waals surface area contributed by atoms with E-state index in [4.69, 9.17) is 4.74 Å². The normalized spacial score (nSPS) is 10.2. The van der Waals surface area contributed by atoms with Crippen LogP contribution in [-0.4, -0.2) is 22.8 Å². The fourth-order valence-corrected chi connectivity index (χ4v) is 1.94. The summed E-state index contributed by atoms with van der Waals surface area (Å²) in [5.41, 5.74) is -0.0830. The van der Waals surface area contributed by atoms with E-state index in [1.165, 1.54) is 6.07 Å². The third-order valence-corrected chi connectivity index (χ3v) is 3.79. The summed E-state index contributed by atoms with van der Waals surface area (Å²) in [5.74, 6) is -1.54. The summed E-state index contributed by atoms with van der Waals surface area (Å²) in [4.78, 5) is 11.6. The predicted molar refractivity (Wildman–Crippen MR) is 65.7 cm³/mol. The Bertz CT molecular complexity index is 392. The average Bonchev–Trinajstić information content (AvgIpc) is 2.24. The lowest BCUT2D eigenvalue weighted by Crippen LogP contribution is -2.07. The molecule has 0 saturated heterocycles. The molecule has 1 aromatic rings. The van der Waals surface area contributed by atoms with E-state index in [0.29, 0.717) is 15.4 Å². The lowest BCUT2D eigenvalue weighted by atomic mass is 10.2. The molecule has 0 spiro atoms. The largest absolute Gasteiger partial charge is 0.504 e. The lowest BCUT2D eigenvalue weighted by Gasteiger charge is -2.10. The number of ether oxygens (including phenoxy) is 1. The zero-order chi connectivity index (χ0) is 12.3. The van der Waals surface area contributed by atoms with Crippen LogP contribution in [0.5, 0.6) is 11.5 Å². The van der Waals surface area contributed by atoms with Crippen molar-refractivity contribution in [2.75, 3.05) is 6.61 Å². The summed E-state index contributed by atoms with van der Waals surface area (Å²) in [5, 5.41) is 18.9. The molecule has 0 amide bonds. The molecule has 0 aromatic heterocycles. The van der Waals surface area contributed by atoms with Crippen LogP contribution in [0.4, 0.5) is 0 Å². The highest BCUT2D eigenvalue weighted by Gasteiger charge is 2.22. The molecule has 2 N–H and O–H groups in total. The zero-order valence-corrected chi connectivity index (χ0v) is 11.6. The number of phenols is 2. The van der Waals surface area contributed by atoms with Crippen molar-refractivity contribution < 1.29 is 19.7 Å². The third-order valence-electron chi connectivity index (χ3n) is 1.81. The van der Waals surface area contributed by atoms with Gasteiger partial charge in [-0.3, -0.25) is 0 Å². The molecule has 0 aliphatic rings. The third kappa shape index (κ3) is 2.68. The number of hydrogen-bond donors (Lipinski definition) is 2. The standard InChI is InChI=1S/C10H10Br2O4/c1-2-3-16-10(15)7-8(12)5(11)4-6(13)9(7)14/h4,13-14H,2-3H2,1H3. The van der Waals surface area contributed by atoms with Gasteiger partial charge in [-0.15, -0.1) is 0 Å². The van der Waals surface area contributed by atoms with E-state index >= 15 is 0 Å². The monoisotopic (exact) mass is 352 g/mol. The second-order valence-corrected chi connectivity index (χ2v) is 4.70. The number of carbonyl (C=O) groups is 1. The molecule has 0 fully saturated rings. The van der Waals surface area contributed by atoms with Crippen LogP contribution < -0.4 is 0 Å². The number of carbonyl (C=O) groups excluding carboxylic acids is 1. The van der Waals surface area contributed by atoms with Crippen molar-refractivity contribution in [3.8, 4) is 11.5 Å². The Kier molecular flexibility index (Phi) is 4.61. The van der Waals surface area contributed by atoms with Gasteiger partial charge in [-0.05, 0) is 44.3 Å². The highest BCUT2D eigenvalue weighted by Crippen LogP contribution is 2.40. The SMILES string of the molecule is CCCOC(=O)c1c(O)c(O)cc(Br)c1Br. The molecule has 0 aliphatic heterocycles. The first kappa shape index (κ1) is 13.3. The van der Waals surface area contributed by atoms with Crippen molar-refractivity contribution in [3.05, 3.63) is 20.6 Å². The van der Waals surface area contributed by atoms with E-state index in [0.717, 1.165) is 0 Å². The molecule has 0 unspecified atom stereocenters. The summed E-state index contributed by atoms with van der Waals surface area (Å²) >= 11 is 6.28. The van der Waals surface area contributed by atoms with Crippen LogP contribution >= 0.6 is 31.9 Å². The van der Waals surface area contributed by atoms with Crippen LogP contribution in [0.15, 0.2) is 15.0 Å². The van der Waals surface area contributed by atoms with Crippen LogP contribution in [0.25, 0.3) is 0 Å². The van der Waals surface area contributed by atoms with Gasteiger partial charge >= 0.3 is 5.97 Å². The van der Waals surface area contributed by atoms with Gasteiger partial charge in [-0.1, -0.05) is 6.92 Å². The highest BCUT2D eigenvalue weighted by molar-refractivity contribution is 9.13. The Morgan fingerprint density at radius 3 is 2.62 bits per heavy atom. The van der Waals surface area contributed by atoms with Crippen molar-refractivity contribution in [1.82, 2.24) is 0 Å². The molecule has 4 nitrogen and oxygen atoms in total. The Hall–Kier alpha value is -0.750. The van der Waals surface area contributed by atoms with E-state index in [9.17, 15) is 15.0 Å². The maximum absolute atomic E-state index is 11.6. The first-order chi connectivity index (χ1) is 7.49. The minimum Gasteiger partial charge on any atom is -0.504 e. The minimum atomic E-state index is -0.678. The van der Waals surface area contributed by atoms with E-state index in [2.05, 4.69) is 31.9 Å². The van der Waals surface area contributed by atoms with Crippen molar-refractivity contribution in [1.29, 1.82) is 0 Å². The van der Waals surface area contributed by atoms with Gasteiger partial charge in [0.2, 0.25) is 0 Å². The van der Waals surface area contributed by atoms with Crippen LogP contribution in [-0.2, 0) is 4.74 Å². The maximum atomic E-state index is 11.6. The fraction of sp³-hybridized carbons (Fsp3) is 0.300. The van der Waals surface area contributed by atoms with E-state index < -0.39 is 11.7 Å². The Morgan fingerprint density at radius 1 is 1.44 bits per heavy atom. The van der Waals surface area contributed by atoms with Gasteiger partial charge in [0.25, 0.3) is 0 Å². The van der Waals surface area contributed by atoms with E-state index in [1.54, 1.807) is 0 Å². The van der Waals surface area contributed by atoms with Gasteiger partial charge in [0, 0.05) is 4.47 Å². The van der Waals surface area contributed by atoms with Crippen molar-refractivity contribution in [2.45, 2.75) is 13.3 Å². The molecule has 6 heteroatoms. The molecule has 16 heavy (non-hydrogen) atoms. The molecule has 0 atom stereocenters. The molecule has 0 heterocycles. The van der Waals surface area contributed by atoms with Crippen LogP contribution in [0.2, 0.25) is 0 Å². The second-order valence-electron chi connectivity index (χ2n) is 3.05. The number of rotatable bonds is 3. The van der Waals surface area contributed by atoms with Gasteiger partial charge in [0.05, 0.1) is 11.1 Å². The van der Waals surface area contributed by atoms with Gasteiger partial charge in [-0.25, -0.2) is 4.79 Å². The first-order valence-electron chi connectivity index (χ1n) is 4.56. The molecule has 0 saturated carbocycles. The van der Waals surface area contributed by atoms with Crippen LogP contribution in [0.3, 0.4) is 0 Å². The molecule has 0 aliphatic carbocycles. The second kappa shape index (κ2) is 5.54. The van der Waals surface area contributed by atoms with E-state index in [-0.39, 0.29) is 17.9 Å². The summed E-state index contributed by atoms with van der Waals surface area (Å²) in [6.45, 7) is 2.12. The van der Waals surface area contributed by atoms with Gasteiger partial charge < -0.3 is 14.9 Å². The number of esters is 1. The molecule has 1 rings (SSSR count).